The lowest BCUT2D eigenvalue weighted by molar-refractivity contribution is 0.414. The van der Waals surface area contributed by atoms with Gasteiger partial charge in [0, 0.05) is 12.1 Å². The lowest BCUT2D eigenvalue weighted by Gasteiger charge is -2.31. The van der Waals surface area contributed by atoms with E-state index in [1.807, 2.05) is 30.3 Å². The van der Waals surface area contributed by atoms with E-state index >= 15 is 0 Å². The molecule has 0 bridgehead atoms. The first kappa shape index (κ1) is 19.4. The first-order chi connectivity index (χ1) is 14.5. The maximum atomic E-state index is 13.9. The summed E-state index contributed by atoms with van der Waals surface area (Å²) in [6, 6.07) is 14.0. The monoisotopic (exact) mass is 401 g/mol. The van der Waals surface area contributed by atoms with Crippen molar-refractivity contribution in [1.82, 2.24) is 4.98 Å². The lowest BCUT2D eigenvalue weighted by Crippen LogP contribution is -2.39. The van der Waals surface area contributed by atoms with Gasteiger partial charge < -0.3 is 15.4 Å². The summed E-state index contributed by atoms with van der Waals surface area (Å²) in [4.78, 5) is 8.88. The van der Waals surface area contributed by atoms with Crippen LogP contribution in [0.4, 0.5) is 15.9 Å². The van der Waals surface area contributed by atoms with Gasteiger partial charge in [-0.2, -0.15) is 0 Å². The van der Waals surface area contributed by atoms with Crippen molar-refractivity contribution < 1.29 is 9.13 Å². The third kappa shape index (κ3) is 3.56. The molecule has 4 rings (SSSR count). The van der Waals surface area contributed by atoms with Crippen molar-refractivity contribution >= 4 is 17.8 Å². The predicted octanol–water partition coefficient (Wildman–Crippen LogP) is 3.44. The summed E-state index contributed by atoms with van der Waals surface area (Å²) >= 11 is 0. The molecule has 0 amide bonds. The number of nitrogens with zero attached hydrogens (tertiary/aromatic N) is 2. The number of nitrogens with one attached hydrogen (secondary N) is 2. The SMILES string of the molecule is C#Cc1cc(C2(N)N=CNc3cnc(NCc4ccc(OC)cc4)cc32)ccc1F. The van der Waals surface area contributed by atoms with Crippen LogP contribution in [0.15, 0.2) is 59.7 Å². The van der Waals surface area contributed by atoms with E-state index in [1.54, 1.807) is 25.4 Å². The van der Waals surface area contributed by atoms with Crippen LogP contribution in [-0.2, 0) is 12.2 Å². The maximum Gasteiger partial charge on any atom is 0.163 e. The Bertz CT molecular complexity index is 1150. The quantitative estimate of drug-likeness (QED) is 0.571. The fraction of sp³-hybridized carbons (Fsp3) is 0.130. The molecule has 2 aromatic carbocycles. The number of anilines is 2. The van der Waals surface area contributed by atoms with Crippen LogP contribution in [0, 0.1) is 18.2 Å². The Hall–Kier alpha value is -3.89. The highest BCUT2D eigenvalue weighted by Gasteiger charge is 2.34. The number of ether oxygens (including phenoxy) is 1. The number of fused-ring (bicyclic) bond motifs is 1. The number of methoxy groups -OCH3 is 1. The molecule has 3 aromatic rings. The number of hydrogen-bond acceptors (Lipinski definition) is 6. The van der Waals surface area contributed by atoms with Gasteiger partial charge in [0.1, 0.15) is 17.4 Å². The van der Waals surface area contributed by atoms with Crippen molar-refractivity contribution in [2.24, 2.45) is 10.7 Å². The number of aromatic nitrogens is 1. The summed E-state index contributed by atoms with van der Waals surface area (Å²) in [5, 5.41) is 6.34. The highest BCUT2D eigenvalue weighted by molar-refractivity contribution is 5.82. The minimum atomic E-state index is -1.22. The van der Waals surface area contributed by atoms with Crippen molar-refractivity contribution in [3.63, 3.8) is 0 Å². The predicted molar refractivity (Wildman–Crippen MR) is 116 cm³/mol. The zero-order chi connectivity index (χ0) is 21.1. The third-order valence-corrected chi connectivity index (χ3v) is 5.00. The Morgan fingerprint density at radius 2 is 2.03 bits per heavy atom. The van der Waals surface area contributed by atoms with Gasteiger partial charge in [0.2, 0.25) is 0 Å². The number of benzene rings is 2. The molecule has 30 heavy (non-hydrogen) atoms. The van der Waals surface area contributed by atoms with E-state index < -0.39 is 11.5 Å². The first-order valence-electron chi connectivity index (χ1n) is 9.26. The molecule has 0 fully saturated rings. The van der Waals surface area contributed by atoms with Gasteiger partial charge in [-0.3, -0.25) is 5.73 Å². The molecule has 0 saturated carbocycles. The van der Waals surface area contributed by atoms with E-state index in [9.17, 15) is 4.39 Å². The number of aliphatic imine (C=N–C) groups is 1. The number of pyridine rings is 1. The fourth-order valence-electron chi connectivity index (χ4n) is 3.29. The molecule has 4 N–H and O–H groups in total. The van der Waals surface area contributed by atoms with E-state index in [1.165, 1.54) is 12.4 Å². The van der Waals surface area contributed by atoms with Crippen LogP contribution in [-0.4, -0.2) is 18.4 Å². The van der Waals surface area contributed by atoms with Gasteiger partial charge in [0.25, 0.3) is 0 Å². The maximum absolute atomic E-state index is 13.9. The molecular weight excluding hydrogens is 381 g/mol. The molecule has 1 aliphatic heterocycles. The molecule has 150 valence electrons. The van der Waals surface area contributed by atoms with Crippen LogP contribution in [0.25, 0.3) is 0 Å². The van der Waals surface area contributed by atoms with Crippen LogP contribution in [0.2, 0.25) is 0 Å². The normalized spacial score (nSPS) is 16.9. The Morgan fingerprint density at radius 3 is 2.77 bits per heavy atom. The minimum absolute atomic E-state index is 0.138. The first-order valence-corrected chi connectivity index (χ1v) is 9.26. The Balaban J connectivity index is 1.64. The van der Waals surface area contributed by atoms with Gasteiger partial charge in [-0.05, 0) is 41.5 Å². The van der Waals surface area contributed by atoms with Crippen LogP contribution >= 0.6 is 0 Å². The summed E-state index contributed by atoms with van der Waals surface area (Å²) in [6.45, 7) is 0.571. The molecule has 6 nitrogen and oxygen atoms in total. The second-order valence-electron chi connectivity index (χ2n) is 6.82. The topological polar surface area (TPSA) is 84.6 Å². The number of hydrogen-bond donors (Lipinski definition) is 3. The lowest BCUT2D eigenvalue weighted by atomic mass is 9.90. The van der Waals surface area contributed by atoms with Crippen LogP contribution < -0.4 is 21.1 Å². The highest BCUT2D eigenvalue weighted by atomic mass is 19.1. The number of halogens is 1. The van der Waals surface area contributed by atoms with Crippen molar-refractivity contribution in [1.29, 1.82) is 0 Å². The standard InChI is InChI=1S/C23H20FN5O/c1-3-16-10-17(6-9-20(16)24)23(25)19-11-22(27-13-21(19)28-14-29-23)26-12-15-4-7-18(30-2)8-5-15/h1,4-11,13-14H,12,25H2,2H3,(H,26,27)(H,28,29). The zero-order valence-electron chi connectivity index (χ0n) is 16.3. The van der Waals surface area contributed by atoms with Gasteiger partial charge in [0.15, 0.2) is 5.66 Å². The van der Waals surface area contributed by atoms with E-state index in [4.69, 9.17) is 16.9 Å². The van der Waals surface area contributed by atoms with Gasteiger partial charge >= 0.3 is 0 Å². The van der Waals surface area contributed by atoms with Crippen LogP contribution in [0.3, 0.4) is 0 Å². The molecule has 1 aliphatic rings. The molecule has 0 radical (unpaired) electrons. The average molecular weight is 401 g/mol. The number of rotatable bonds is 5. The Morgan fingerprint density at radius 1 is 1.23 bits per heavy atom. The van der Waals surface area contributed by atoms with Gasteiger partial charge in [-0.25, -0.2) is 14.4 Å². The molecule has 2 heterocycles. The molecule has 0 aliphatic carbocycles. The van der Waals surface area contributed by atoms with Crippen molar-refractivity contribution in [2.75, 3.05) is 17.7 Å². The van der Waals surface area contributed by atoms with E-state index in [0.29, 0.717) is 29.2 Å². The van der Waals surface area contributed by atoms with Gasteiger partial charge in [0.05, 0.1) is 30.9 Å². The molecule has 1 atom stereocenters. The average Bonchev–Trinajstić information content (AvgIpc) is 2.78. The van der Waals surface area contributed by atoms with Gasteiger partial charge in [-0.15, -0.1) is 6.42 Å². The summed E-state index contributed by atoms with van der Waals surface area (Å²) in [5.74, 6) is 3.31. The summed E-state index contributed by atoms with van der Waals surface area (Å²) in [6.07, 6.45) is 8.61. The van der Waals surface area contributed by atoms with Crippen molar-refractivity contribution in [3.05, 3.63) is 82.8 Å². The number of nitrogens with two attached hydrogens (primary N) is 1. The largest absolute Gasteiger partial charge is 0.497 e. The summed E-state index contributed by atoms with van der Waals surface area (Å²) < 4.78 is 19.0. The van der Waals surface area contributed by atoms with Crippen LogP contribution in [0.5, 0.6) is 5.75 Å². The summed E-state index contributed by atoms with van der Waals surface area (Å²) in [5.41, 5.74) is 8.67. The summed E-state index contributed by atoms with van der Waals surface area (Å²) in [7, 11) is 1.63. The van der Waals surface area contributed by atoms with Crippen molar-refractivity contribution in [3.8, 4) is 18.1 Å². The molecule has 0 saturated heterocycles. The minimum Gasteiger partial charge on any atom is -0.497 e. The highest BCUT2D eigenvalue weighted by Crippen LogP contribution is 2.37. The van der Waals surface area contributed by atoms with Crippen molar-refractivity contribution in [2.45, 2.75) is 12.2 Å². The van der Waals surface area contributed by atoms with E-state index in [0.717, 1.165) is 11.3 Å². The number of terminal acetylenes is 1. The molecular formula is C23H20FN5O. The molecule has 0 spiro atoms. The molecule has 1 unspecified atom stereocenters. The zero-order valence-corrected chi connectivity index (χ0v) is 16.3. The molecule has 7 heteroatoms. The fourth-order valence-corrected chi connectivity index (χ4v) is 3.29. The van der Waals surface area contributed by atoms with Crippen LogP contribution in [0.1, 0.15) is 22.3 Å². The smallest absolute Gasteiger partial charge is 0.163 e. The third-order valence-electron chi connectivity index (χ3n) is 5.00. The van der Waals surface area contributed by atoms with E-state index in [-0.39, 0.29) is 5.56 Å². The van der Waals surface area contributed by atoms with Gasteiger partial charge in [-0.1, -0.05) is 24.1 Å². The van der Waals surface area contributed by atoms with E-state index in [2.05, 4.69) is 26.5 Å². The Kier molecular flexibility index (Phi) is 5.09. The second-order valence-corrected chi connectivity index (χ2v) is 6.82. The Labute approximate surface area is 174 Å². The second kappa shape index (κ2) is 7.85. The molecule has 1 aromatic heterocycles.